The quantitative estimate of drug-likeness (QED) is 0.206. The monoisotopic (exact) mass is 404 g/mol. The van der Waals surface area contributed by atoms with Gasteiger partial charge in [0, 0.05) is 0 Å². The van der Waals surface area contributed by atoms with Crippen LogP contribution in [0.5, 0.6) is 0 Å². The molecule has 2 rings (SSSR count). The number of unbranched alkanes of at least 4 members (excludes halogenated alkanes) is 4. The molecule has 0 aliphatic rings. The van der Waals surface area contributed by atoms with Gasteiger partial charge in [-0.3, -0.25) is 9.59 Å². The van der Waals surface area contributed by atoms with Crippen LogP contribution in [0.3, 0.4) is 0 Å². The number of carbonyl (C=O) groups is 2. The molecule has 0 amide bonds. The summed E-state index contributed by atoms with van der Waals surface area (Å²) in [5.41, 5.74) is 4.01. The first-order chi connectivity index (χ1) is 14.7. The molecule has 0 fully saturated rings. The molecule has 2 aromatic rings. The smallest absolute Gasteiger partial charge is 0.146 e. The van der Waals surface area contributed by atoms with E-state index in [1.807, 2.05) is 72.8 Å². The van der Waals surface area contributed by atoms with E-state index < -0.39 is 0 Å². The lowest BCUT2D eigenvalue weighted by molar-refractivity contribution is -0.105. The molecule has 2 nitrogen and oxygen atoms in total. The molecule has 0 unspecified atom stereocenters. The zero-order valence-corrected chi connectivity index (χ0v) is 18.6. The zero-order valence-electron chi connectivity index (χ0n) is 18.6. The summed E-state index contributed by atoms with van der Waals surface area (Å²) in [6.07, 6.45) is 14.7. The molecular formula is C28H36O2. The molecule has 2 aromatic carbocycles. The van der Waals surface area contributed by atoms with Crippen molar-refractivity contribution in [3.63, 3.8) is 0 Å². The van der Waals surface area contributed by atoms with Gasteiger partial charge in [0.15, 0.2) is 0 Å². The van der Waals surface area contributed by atoms with Gasteiger partial charge in [-0.15, -0.1) is 0 Å². The maximum absolute atomic E-state index is 10.8. The van der Waals surface area contributed by atoms with Gasteiger partial charge in [0.25, 0.3) is 0 Å². The fourth-order valence-electron chi connectivity index (χ4n) is 3.02. The van der Waals surface area contributed by atoms with E-state index in [2.05, 4.69) is 13.8 Å². The Balaban J connectivity index is 0.000000300. The van der Waals surface area contributed by atoms with E-state index in [4.69, 9.17) is 0 Å². The van der Waals surface area contributed by atoms with Gasteiger partial charge in [0.2, 0.25) is 0 Å². The van der Waals surface area contributed by atoms with Gasteiger partial charge in [-0.25, -0.2) is 0 Å². The molecule has 0 bridgehead atoms. The maximum Gasteiger partial charge on any atom is 0.146 e. The van der Waals surface area contributed by atoms with Crippen LogP contribution in [0.25, 0.3) is 12.2 Å². The van der Waals surface area contributed by atoms with E-state index in [0.29, 0.717) is 0 Å². The molecule has 0 radical (unpaired) electrons. The van der Waals surface area contributed by atoms with Crippen LogP contribution >= 0.6 is 0 Å². The predicted molar refractivity (Wildman–Crippen MR) is 129 cm³/mol. The standard InChI is InChI=1S/2C14H18O/c2*1-2-3-5-10-14(12-15)11-13-8-6-4-7-9-13/h2*4,6-9,11-12H,2-3,5,10H2,1H3/b14-11+;14-11-. The third-order valence-electron chi connectivity index (χ3n) is 4.74. The van der Waals surface area contributed by atoms with Crippen molar-refractivity contribution in [2.24, 2.45) is 0 Å². The lowest BCUT2D eigenvalue weighted by Crippen LogP contribution is -1.86. The Labute approximate surface area is 182 Å². The Morgan fingerprint density at radius 3 is 1.27 bits per heavy atom. The molecule has 2 heteroatoms. The summed E-state index contributed by atoms with van der Waals surface area (Å²) in [7, 11) is 0. The minimum atomic E-state index is 0.895. The van der Waals surface area contributed by atoms with Crippen LogP contribution in [0.4, 0.5) is 0 Å². The SMILES string of the molecule is CCCCC/C(C=O)=C/c1ccccc1.CCCCC/C(C=O)=C\c1ccccc1. The van der Waals surface area contributed by atoms with E-state index in [1.54, 1.807) is 0 Å². The molecule has 160 valence electrons. The van der Waals surface area contributed by atoms with Crippen molar-refractivity contribution in [3.05, 3.63) is 82.9 Å². The first kappa shape index (κ1) is 25.3. The number of allylic oxidation sites excluding steroid dienone is 2. The highest BCUT2D eigenvalue weighted by Crippen LogP contribution is 2.12. The van der Waals surface area contributed by atoms with Gasteiger partial charge in [0.05, 0.1) is 0 Å². The van der Waals surface area contributed by atoms with Crippen LogP contribution in [0.1, 0.15) is 76.3 Å². The lowest BCUT2D eigenvalue weighted by atomic mass is 10.1. The first-order valence-electron chi connectivity index (χ1n) is 11.1. The molecule has 0 aromatic heterocycles. The third-order valence-corrected chi connectivity index (χ3v) is 4.74. The Morgan fingerprint density at radius 2 is 0.967 bits per heavy atom. The second-order valence-corrected chi connectivity index (χ2v) is 7.41. The van der Waals surface area contributed by atoms with Crippen molar-refractivity contribution < 1.29 is 9.59 Å². The molecule has 0 saturated heterocycles. The van der Waals surface area contributed by atoms with Crippen LogP contribution in [-0.4, -0.2) is 12.6 Å². The number of benzene rings is 2. The average molecular weight is 405 g/mol. The second-order valence-electron chi connectivity index (χ2n) is 7.41. The van der Waals surface area contributed by atoms with Crippen molar-refractivity contribution >= 4 is 24.7 Å². The molecule has 0 saturated carbocycles. The van der Waals surface area contributed by atoms with Crippen LogP contribution < -0.4 is 0 Å². The number of hydrogen-bond acceptors (Lipinski definition) is 2. The van der Waals surface area contributed by atoms with Gasteiger partial charge in [-0.1, -0.05) is 100 Å². The molecule has 0 aliphatic carbocycles. The minimum Gasteiger partial charge on any atom is -0.298 e. The zero-order chi connectivity index (χ0) is 21.9. The number of aldehydes is 2. The number of rotatable bonds is 12. The summed E-state index contributed by atoms with van der Waals surface area (Å²) in [6, 6.07) is 20.0. The lowest BCUT2D eigenvalue weighted by Gasteiger charge is -1.99. The fourth-order valence-corrected chi connectivity index (χ4v) is 3.02. The average Bonchev–Trinajstić information content (AvgIpc) is 2.80. The molecule has 0 atom stereocenters. The summed E-state index contributed by atoms with van der Waals surface area (Å²) in [5, 5.41) is 0. The largest absolute Gasteiger partial charge is 0.298 e. The fraction of sp³-hybridized carbons (Fsp3) is 0.357. The van der Waals surface area contributed by atoms with Gasteiger partial charge in [-0.2, -0.15) is 0 Å². The van der Waals surface area contributed by atoms with Crippen LogP contribution in [-0.2, 0) is 9.59 Å². The first-order valence-corrected chi connectivity index (χ1v) is 11.1. The van der Waals surface area contributed by atoms with Gasteiger partial charge in [0.1, 0.15) is 12.6 Å². The summed E-state index contributed by atoms with van der Waals surface area (Å²) >= 11 is 0. The van der Waals surface area contributed by atoms with Crippen molar-refractivity contribution in [3.8, 4) is 0 Å². The number of carbonyl (C=O) groups excluding carboxylic acids is 2. The van der Waals surface area contributed by atoms with Gasteiger partial charge < -0.3 is 0 Å². The second kappa shape index (κ2) is 17.1. The summed E-state index contributed by atoms with van der Waals surface area (Å²) in [4.78, 5) is 21.7. The highest BCUT2D eigenvalue weighted by Gasteiger charge is 1.97. The van der Waals surface area contributed by atoms with Crippen LogP contribution in [0.15, 0.2) is 71.8 Å². The van der Waals surface area contributed by atoms with E-state index in [1.165, 1.54) is 25.7 Å². The van der Waals surface area contributed by atoms with Crippen LogP contribution in [0.2, 0.25) is 0 Å². The Morgan fingerprint density at radius 1 is 0.600 bits per heavy atom. The van der Waals surface area contributed by atoms with Crippen molar-refractivity contribution in [1.29, 1.82) is 0 Å². The third kappa shape index (κ3) is 12.0. The molecule has 0 N–H and O–H groups in total. The predicted octanol–water partition coefficient (Wildman–Crippen LogP) is 7.70. The Bertz CT molecular complexity index is 690. The van der Waals surface area contributed by atoms with E-state index in [0.717, 1.165) is 60.5 Å². The highest BCUT2D eigenvalue weighted by molar-refractivity contribution is 5.82. The summed E-state index contributed by atoms with van der Waals surface area (Å²) in [6.45, 7) is 4.34. The molecule has 0 heterocycles. The van der Waals surface area contributed by atoms with Crippen molar-refractivity contribution in [2.45, 2.75) is 65.2 Å². The van der Waals surface area contributed by atoms with E-state index in [9.17, 15) is 9.59 Å². The molecule has 0 aliphatic heterocycles. The van der Waals surface area contributed by atoms with Gasteiger partial charge >= 0.3 is 0 Å². The molecule has 30 heavy (non-hydrogen) atoms. The van der Waals surface area contributed by atoms with E-state index >= 15 is 0 Å². The topological polar surface area (TPSA) is 34.1 Å². The van der Waals surface area contributed by atoms with Crippen LogP contribution in [0, 0.1) is 0 Å². The molecular weight excluding hydrogens is 368 g/mol. The minimum absolute atomic E-state index is 0.895. The molecule has 0 spiro atoms. The summed E-state index contributed by atoms with van der Waals surface area (Å²) in [5.74, 6) is 0. The van der Waals surface area contributed by atoms with Gasteiger partial charge in [-0.05, 0) is 60.1 Å². The maximum atomic E-state index is 10.8. The highest BCUT2D eigenvalue weighted by atomic mass is 16.1. The van der Waals surface area contributed by atoms with E-state index in [-0.39, 0.29) is 0 Å². The Kier molecular flexibility index (Phi) is 14.5. The van der Waals surface area contributed by atoms with Crippen molar-refractivity contribution in [2.75, 3.05) is 0 Å². The summed E-state index contributed by atoms with van der Waals surface area (Å²) < 4.78 is 0. The van der Waals surface area contributed by atoms with Crippen molar-refractivity contribution in [1.82, 2.24) is 0 Å². The normalized spacial score (nSPS) is 11.4. The Hall–Kier alpha value is -2.74. The number of hydrogen-bond donors (Lipinski definition) is 0.